The van der Waals surface area contributed by atoms with Gasteiger partial charge in [-0.3, -0.25) is 4.79 Å². The van der Waals surface area contributed by atoms with Crippen LogP contribution in [0.4, 0.5) is 0 Å². The summed E-state index contributed by atoms with van der Waals surface area (Å²) in [4.78, 5) is 14.6. The first-order valence-electron chi connectivity index (χ1n) is 6.87. The molecule has 106 valence electrons. The molecule has 0 aromatic carbocycles. The number of carbonyl (C=O) groups excluding carboxylic acids is 1. The Morgan fingerprint density at radius 3 is 2.68 bits per heavy atom. The van der Waals surface area contributed by atoms with Gasteiger partial charge in [0.15, 0.2) is 0 Å². The molecule has 0 aliphatic heterocycles. The van der Waals surface area contributed by atoms with E-state index in [0.29, 0.717) is 6.54 Å². The van der Waals surface area contributed by atoms with Crippen LogP contribution in [0.15, 0.2) is 6.07 Å². The van der Waals surface area contributed by atoms with Crippen LogP contribution in [0.1, 0.15) is 52.2 Å². The van der Waals surface area contributed by atoms with E-state index in [0.717, 1.165) is 30.6 Å². The number of rotatable bonds is 3. The molecular weight excluding hydrogens is 280 g/mol. The lowest BCUT2D eigenvalue weighted by molar-refractivity contribution is 0.0907. The number of nitrogens with one attached hydrogen (secondary N) is 1. The third-order valence-corrected chi connectivity index (χ3v) is 5.54. The Morgan fingerprint density at radius 1 is 1.32 bits per heavy atom. The molecule has 3 rings (SSSR count). The number of hydrogen-bond donors (Lipinski definition) is 2. The van der Waals surface area contributed by atoms with Gasteiger partial charge < -0.3 is 11.1 Å². The van der Waals surface area contributed by atoms with Crippen molar-refractivity contribution in [1.29, 1.82) is 0 Å². The molecule has 1 saturated carbocycles. The van der Waals surface area contributed by atoms with Crippen molar-refractivity contribution in [2.75, 3.05) is 6.54 Å². The van der Waals surface area contributed by atoms with Crippen LogP contribution in [-0.2, 0) is 12.8 Å². The van der Waals surface area contributed by atoms with Gasteiger partial charge in [-0.15, -0.1) is 23.7 Å². The highest BCUT2D eigenvalue weighted by Crippen LogP contribution is 2.32. The summed E-state index contributed by atoms with van der Waals surface area (Å²) in [5.74, 6) is 0.0850. The molecule has 1 fully saturated rings. The van der Waals surface area contributed by atoms with Gasteiger partial charge >= 0.3 is 0 Å². The number of amides is 1. The van der Waals surface area contributed by atoms with Gasteiger partial charge in [-0.2, -0.15) is 0 Å². The Bertz CT molecular complexity index is 445. The quantitative estimate of drug-likeness (QED) is 0.902. The van der Waals surface area contributed by atoms with E-state index in [2.05, 4.69) is 11.4 Å². The van der Waals surface area contributed by atoms with Crippen molar-refractivity contribution >= 4 is 29.7 Å². The van der Waals surface area contributed by atoms with Gasteiger partial charge in [0.1, 0.15) is 0 Å². The van der Waals surface area contributed by atoms with E-state index in [9.17, 15) is 4.79 Å². The van der Waals surface area contributed by atoms with Crippen molar-refractivity contribution in [2.45, 2.75) is 50.5 Å². The first-order chi connectivity index (χ1) is 8.72. The first kappa shape index (κ1) is 14.8. The fourth-order valence-electron chi connectivity index (χ4n) is 3.18. The fraction of sp³-hybridized carbons (Fsp3) is 0.643. The number of aryl methyl sites for hydroxylation is 2. The topological polar surface area (TPSA) is 55.1 Å². The molecule has 1 amide bonds. The van der Waals surface area contributed by atoms with Crippen LogP contribution in [0.5, 0.6) is 0 Å². The summed E-state index contributed by atoms with van der Waals surface area (Å²) in [6.45, 7) is 0.559. The molecule has 0 bridgehead atoms. The Labute approximate surface area is 124 Å². The van der Waals surface area contributed by atoms with Crippen LogP contribution >= 0.6 is 23.7 Å². The largest absolute Gasteiger partial charge is 0.345 e. The van der Waals surface area contributed by atoms with Gasteiger partial charge in [0.2, 0.25) is 0 Å². The lowest BCUT2D eigenvalue weighted by Gasteiger charge is -2.28. The van der Waals surface area contributed by atoms with Gasteiger partial charge in [-0.25, -0.2) is 0 Å². The van der Waals surface area contributed by atoms with Crippen molar-refractivity contribution in [3.8, 4) is 0 Å². The van der Waals surface area contributed by atoms with E-state index in [-0.39, 0.29) is 23.9 Å². The van der Waals surface area contributed by atoms with Gasteiger partial charge in [0, 0.05) is 11.4 Å². The average Bonchev–Trinajstić information content (AvgIpc) is 3.03. The van der Waals surface area contributed by atoms with Crippen LogP contribution in [0, 0.1) is 0 Å². The van der Waals surface area contributed by atoms with Crippen molar-refractivity contribution in [3.05, 3.63) is 21.4 Å². The fourth-order valence-corrected chi connectivity index (χ4v) is 4.32. The maximum Gasteiger partial charge on any atom is 0.261 e. The van der Waals surface area contributed by atoms with E-state index in [1.165, 1.54) is 29.7 Å². The number of nitrogens with two attached hydrogens (primary N) is 1. The SMILES string of the molecule is Cl.NCC1(NC(=O)c2cc3c(s2)CCC3)CCCC1. The standard InChI is InChI=1S/C14H20N2OS.ClH/c15-9-14(6-1-2-7-14)16-13(17)12-8-10-4-3-5-11(10)18-12;/h8H,1-7,9,15H2,(H,16,17);1H. The molecule has 0 atom stereocenters. The van der Waals surface area contributed by atoms with E-state index in [4.69, 9.17) is 5.73 Å². The molecule has 1 heterocycles. The zero-order valence-electron chi connectivity index (χ0n) is 11.0. The summed E-state index contributed by atoms with van der Waals surface area (Å²) in [7, 11) is 0. The smallest absolute Gasteiger partial charge is 0.261 e. The monoisotopic (exact) mass is 300 g/mol. The van der Waals surface area contributed by atoms with Gasteiger partial charge in [0.05, 0.1) is 10.4 Å². The Balaban J connectivity index is 0.00000133. The lowest BCUT2D eigenvalue weighted by atomic mass is 9.98. The van der Waals surface area contributed by atoms with Crippen molar-refractivity contribution in [1.82, 2.24) is 5.32 Å². The van der Waals surface area contributed by atoms with Crippen molar-refractivity contribution in [3.63, 3.8) is 0 Å². The summed E-state index contributed by atoms with van der Waals surface area (Å²) >= 11 is 1.67. The van der Waals surface area contributed by atoms with E-state index in [1.807, 2.05) is 0 Å². The van der Waals surface area contributed by atoms with E-state index < -0.39 is 0 Å². The Kier molecular flexibility index (Phi) is 4.54. The lowest BCUT2D eigenvalue weighted by Crippen LogP contribution is -2.51. The molecule has 2 aliphatic carbocycles. The normalized spacial score (nSPS) is 19.8. The second-order valence-corrected chi connectivity index (χ2v) is 6.70. The Hall–Kier alpha value is -0.580. The molecular formula is C14H21ClN2OS. The zero-order valence-corrected chi connectivity index (χ0v) is 12.7. The first-order valence-corrected chi connectivity index (χ1v) is 7.68. The molecule has 1 aromatic rings. The number of carbonyl (C=O) groups is 1. The minimum atomic E-state index is -0.133. The zero-order chi connectivity index (χ0) is 12.6. The van der Waals surface area contributed by atoms with E-state index >= 15 is 0 Å². The van der Waals surface area contributed by atoms with Crippen LogP contribution in [-0.4, -0.2) is 18.0 Å². The number of halogens is 1. The third-order valence-electron chi connectivity index (χ3n) is 4.30. The molecule has 1 aromatic heterocycles. The van der Waals surface area contributed by atoms with Crippen LogP contribution in [0.2, 0.25) is 0 Å². The third kappa shape index (κ3) is 2.81. The van der Waals surface area contributed by atoms with Crippen molar-refractivity contribution < 1.29 is 4.79 Å². The minimum Gasteiger partial charge on any atom is -0.345 e. The molecule has 3 N–H and O–H groups in total. The summed E-state index contributed by atoms with van der Waals surface area (Å²) in [5, 5.41) is 3.19. The van der Waals surface area contributed by atoms with Gasteiger partial charge in [-0.05, 0) is 43.7 Å². The summed E-state index contributed by atoms with van der Waals surface area (Å²) < 4.78 is 0. The number of fused-ring (bicyclic) bond motifs is 1. The maximum atomic E-state index is 12.3. The molecule has 0 saturated heterocycles. The highest BCUT2D eigenvalue weighted by molar-refractivity contribution is 7.14. The molecule has 2 aliphatic rings. The van der Waals surface area contributed by atoms with Gasteiger partial charge in [0.25, 0.3) is 5.91 Å². The van der Waals surface area contributed by atoms with Gasteiger partial charge in [-0.1, -0.05) is 12.8 Å². The van der Waals surface area contributed by atoms with Crippen LogP contribution < -0.4 is 11.1 Å². The highest BCUT2D eigenvalue weighted by atomic mass is 35.5. The molecule has 0 radical (unpaired) electrons. The number of hydrogen-bond acceptors (Lipinski definition) is 3. The van der Waals surface area contributed by atoms with E-state index in [1.54, 1.807) is 11.3 Å². The molecule has 0 spiro atoms. The summed E-state index contributed by atoms with van der Waals surface area (Å²) in [5.41, 5.74) is 7.11. The highest BCUT2D eigenvalue weighted by Gasteiger charge is 2.34. The number of thiophene rings is 1. The predicted molar refractivity (Wildman–Crippen MR) is 81.3 cm³/mol. The van der Waals surface area contributed by atoms with Crippen LogP contribution in [0.25, 0.3) is 0 Å². The molecule has 5 heteroatoms. The minimum absolute atomic E-state index is 0. The average molecular weight is 301 g/mol. The van der Waals surface area contributed by atoms with Crippen molar-refractivity contribution in [2.24, 2.45) is 5.73 Å². The molecule has 19 heavy (non-hydrogen) atoms. The summed E-state index contributed by atoms with van der Waals surface area (Å²) in [6, 6.07) is 2.08. The summed E-state index contributed by atoms with van der Waals surface area (Å²) in [6.07, 6.45) is 7.95. The second-order valence-electron chi connectivity index (χ2n) is 5.56. The predicted octanol–water partition coefficient (Wildman–Crippen LogP) is 2.66. The molecule has 3 nitrogen and oxygen atoms in total. The second kappa shape index (κ2) is 5.81. The molecule has 0 unspecified atom stereocenters. The Morgan fingerprint density at radius 2 is 2.05 bits per heavy atom. The maximum absolute atomic E-state index is 12.3. The van der Waals surface area contributed by atoms with Crippen LogP contribution in [0.3, 0.4) is 0 Å².